The van der Waals surface area contributed by atoms with Gasteiger partial charge in [0.25, 0.3) is 0 Å². The highest BCUT2D eigenvalue weighted by Gasteiger charge is 2.17. The third kappa shape index (κ3) is 4.36. The van der Waals surface area contributed by atoms with Crippen molar-refractivity contribution in [1.82, 2.24) is 0 Å². The second-order valence-corrected chi connectivity index (χ2v) is 4.77. The van der Waals surface area contributed by atoms with Crippen LogP contribution in [0.1, 0.15) is 31.2 Å². The molecule has 0 amide bonds. The van der Waals surface area contributed by atoms with Gasteiger partial charge in [-0.1, -0.05) is 36.7 Å². The number of halogens is 1. The molecule has 0 aliphatic carbocycles. The van der Waals surface area contributed by atoms with E-state index in [9.17, 15) is 4.79 Å². The molecule has 0 aromatic heterocycles. The van der Waals surface area contributed by atoms with Crippen molar-refractivity contribution >= 4 is 17.6 Å². The molecule has 1 aromatic rings. The van der Waals surface area contributed by atoms with Crippen LogP contribution >= 0.6 is 11.6 Å². The van der Waals surface area contributed by atoms with Crippen molar-refractivity contribution in [2.45, 2.75) is 25.7 Å². The van der Waals surface area contributed by atoms with Gasteiger partial charge in [-0.05, 0) is 36.4 Å². The second kappa shape index (κ2) is 6.62. The van der Waals surface area contributed by atoms with Gasteiger partial charge in [0.2, 0.25) is 0 Å². The van der Waals surface area contributed by atoms with E-state index in [-0.39, 0.29) is 18.3 Å². The largest absolute Gasteiger partial charge is 0.481 e. The average molecular weight is 256 g/mol. The molecule has 1 rings (SSSR count). The highest BCUT2D eigenvalue weighted by atomic mass is 35.5. The van der Waals surface area contributed by atoms with Crippen molar-refractivity contribution in [3.05, 3.63) is 34.9 Å². The molecule has 3 N–H and O–H groups in total. The van der Waals surface area contributed by atoms with E-state index in [0.29, 0.717) is 6.54 Å². The second-order valence-electron chi connectivity index (χ2n) is 4.36. The van der Waals surface area contributed by atoms with Crippen LogP contribution in [0.15, 0.2) is 24.3 Å². The Morgan fingerprint density at radius 3 is 2.65 bits per heavy atom. The van der Waals surface area contributed by atoms with E-state index < -0.39 is 5.97 Å². The monoisotopic (exact) mass is 255 g/mol. The molecular formula is C13H18ClNO2. The zero-order valence-electron chi connectivity index (χ0n) is 9.90. The van der Waals surface area contributed by atoms with Gasteiger partial charge in [-0.3, -0.25) is 4.79 Å². The Hall–Kier alpha value is -1.06. The van der Waals surface area contributed by atoms with Crippen molar-refractivity contribution < 1.29 is 9.90 Å². The summed E-state index contributed by atoms with van der Waals surface area (Å²) in [7, 11) is 0. The highest BCUT2D eigenvalue weighted by Crippen LogP contribution is 2.29. The van der Waals surface area contributed by atoms with Gasteiger partial charge in [-0.2, -0.15) is 0 Å². The lowest BCUT2D eigenvalue weighted by Crippen LogP contribution is -2.20. The molecule has 0 aliphatic heterocycles. The van der Waals surface area contributed by atoms with Gasteiger partial charge < -0.3 is 10.8 Å². The molecular weight excluding hydrogens is 238 g/mol. The van der Waals surface area contributed by atoms with Gasteiger partial charge in [0, 0.05) is 11.4 Å². The first-order valence-electron chi connectivity index (χ1n) is 5.70. The normalized spacial score (nSPS) is 14.3. The lowest BCUT2D eigenvalue weighted by molar-refractivity contribution is -0.138. The molecule has 17 heavy (non-hydrogen) atoms. The highest BCUT2D eigenvalue weighted by molar-refractivity contribution is 6.31. The lowest BCUT2D eigenvalue weighted by atomic mass is 9.88. The zero-order valence-corrected chi connectivity index (χ0v) is 10.7. The molecule has 0 bridgehead atoms. The Kier molecular flexibility index (Phi) is 5.45. The van der Waals surface area contributed by atoms with Crippen LogP contribution in [-0.2, 0) is 4.79 Å². The van der Waals surface area contributed by atoms with Crippen molar-refractivity contribution in [3.8, 4) is 0 Å². The summed E-state index contributed by atoms with van der Waals surface area (Å²) in [6.45, 7) is 2.44. The molecule has 0 saturated heterocycles. The fourth-order valence-electron chi connectivity index (χ4n) is 2.01. The minimum absolute atomic E-state index is 0.00114. The summed E-state index contributed by atoms with van der Waals surface area (Å²) in [5, 5.41) is 9.50. The van der Waals surface area contributed by atoms with Crippen LogP contribution in [0.5, 0.6) is 0 Å². The van der Waals surface area contributed by atoms with E-state index >= 15 is 0 Å². The standard InChI is InChI=1S/C13H18ClNO2/c1-9(6-10(8-15)7-13(16)17)11-4-2-3-5-12(11)14/h2-5,9-10H,6-8,15H2,1H3,(H,16,17). The molecule has 2 atom stereocenters. The first-order valence-corrected chi connectivity index (χ1v) is 6.08. The minimum atomic E-state index is -0.799. The summed E-state index contributed by atoms with van der Waals surface area (Å²) >= 11 is 6.10. The maximum Gasteiger partial charge on any atom is 0.303 e. The van der Waals surface area contributed by atoms with E-state index in [2.05, 4.69) is 0 Å². The quantitative estimate of drug-likeness (QED) is 0.822. The van der Waals surface area contributed by atoms with Gasteiger partial charge >= 0.3 is 5.97 Å². The van der Waals surface area contributed by atoms with E-state index in [1.54, 1.807) is 0 Å². The first kappa shape index (κ1) is 14.0. The molecule has 3 nitrogen and oxygen atoms in total. The number of carboxylic acids is 1. The molecule has 0 fully saturated rings. The third-order valence-corrected chi connectivity index (χ3v) is 3.26. The summed E-state index contributed by atoms with van der Waals surface area (Å²) in [4.78, 5) is 10.7. The van der Waals surface area contributed by atoms with Crippen molar-refractivity contribution in [1.29, 1.82) is 0 Å². The fourth-order valence-corrected chi connectivity index (χ4v) is 2.33. The van der Waals surface area contributed by atoms with Crippen LogP contribution in [0.25, 0.3) is 0 Å². The number of aliphatic carboxylic acids is 1. The van der Waals surface area contributed by atoms with Gasteiger partial charge in [0.15, 0.2) is 0 Å². The molecule has 1 aromatic carbocycles. The molecule has 4 heteroatoms. The maximum absolute atomic E-state index is 10.7. The lowest BCUT2D eigenvalue weighted by Gasteiger charge is -2.19. The fraction of sp³-hybridized carbons (Fsp3) is 0.462. The molecule has 0 spiro atoms. The predicted molar refractivity (Wildman–Crippen MR) is 69.3 cm³/mol. The van der Waals surface area contributed by atoms with E-state index in [1.165, 1.54) is 0 Å². The Morgan fingerprint density at radius 2 is 2.12 bits per heavy atom. The van der Waals surface area contributed by atoms with Gasteiger partial charge in [-0.15, -0.1) is 0 Å². The van der Waals surface area contributed by atoms with Crippen LogP contribution in [0.4, 0.5) is 0 Å². The number of rotatable bonds is 6. The Balaban J connectivity index is 2.67. The molecule has 2 unspecified atom stereocenters. The van der Waals surface area contributed by atoms with Gasteiger partial charge in [0.1, 0.15) is 0 Å². The van der Waals surface area contributed by atoms with Crippen LogP contribution < -0.4 is 5.73 Å². The number of benzene rings is 1. The number of hydrogen-bond donors (Lipinski definition) is 2. The number of hydrogen-bond acceptors (Lipinski definition) is 2. The minimum Gasteiger partial charge on any atom is -0.481 e. The Morgan fingerprint density at radius 1 is 1.47 bits per heavy atom. The maximum atomic E-state index is 10.7. The number of carbonyl (C=O) groups is 1. The molecule has 94 valence electrons. The zero-order chi connectivity index (χ0) is 12.8. The van der Waals surface area contributed by atoms with E-state index in [0.717, 1.165) is 17.0 Å². The SMILES string of the molecule is CC(CC(CN)CC(=O)O)c1ccccc1Cl. The van der Waals surface area contributed by atoms with E-state index in [4.69, 9.17) is 22.4 Å². The van der Waals surface area contributed by atoms with Crippen molar-refractivity contribution in [2.24, 2.45) is 11.7 Å². The summed E-state index contributed by atoms with van der Waals surface area (Å²) < 4.78 is 0. The van der Waals surface area contributed by atoms with Crippen LogP contribution in [0, 0.1) is 5.92 Å². The van der Waals surface area contributed by atoms with E-state index in [1.807, 2.05) is 31.2 Å². The Labute approximate surface area is 107 Å². The van der Waals surface area contributed by atoms with Crippen molar-refractivity contribution in [3.63, 3.8) is 0 Å². The van der Waals surface area contributed by atoms with Gasteiger partial charge in [-0.25, -0.2) is 0 Å². The summed E-state index contributed by atoms with van der Waals surface area (Å²) in [6, 6.07) is 7.64. The third-order valence-electron chi connectivity index (χ3n) is 2.92. The summed E-state index contributed by atoms with van der Waals surface area (Å²) in [6.07, 6.45) is 0.859. The summed E-state index contributed by atoms with van der Waals surface area (Å²) in [5.41, 5.74) is 6.64. The molecule has 0 aliphatic rings. The van der Waals surface area contributed by atoms with Crippen molar-refractivity contribution in [2.75, 3.05) is 6.54 Å². The number of nitrogens with two attached hydrogens (primary N) is 1. The number of carboxylic acid groups (broad SMARTS) is 1. The van der Waals surface area contributed by atoms with Crippen LogP contribution in [0.2, 0.25) is 5.02 Å². The summed E-state index contributed by atoms with van der Waals surface area (Å²) in [5.74, 6) is -0.581. The van der Waals surface area contributed by atoms with Crippen LogP contribution in [0.3, 0.4) is 0 Å². The van der Waals surface area contributed by atoms with Gasteiger partial charge in [0.05, 0.1) is 0 Å². The average Bonchev–Trinajstić information content (AvgIpc) is 2.27. The molecule has 0 saturated carbocycles. The smallest absolute Gasteiger partial charge is 0.303 e. The Bertz CT molecular complexity index is 381. The molecule has 0 radical (unpaired) electrons. The predicted octanol–water partition coefficient (Wildman–Crippen LogP) is 2.88. The topological polar surface area (TPSA) is 63.3 Å². The first-order chi connectivity index (χ1) is 8.04. The van der Waals surface area contributed by atoms with Crippen LogP contribution in [-0.4, -0.2) is 17.6 Å². The molecule has 0 heterocycles.